The largest absolute Gasteiger partial charge is 0.393 e. The first-order valence-corrected chi connectivity index (χ1v) is 32.2. The van der Waals surface area contributed by atoms with Crippen molar-refractivity contribution in [3.63, 3.8) is 0 Å². The Morgan fingerprint density at radius 1 is 0.429 bits per heavy atom. The first-order valence-electron chi connectivity index (χ1n) is 32.2. The molecule has 7 unspecified atom stereocenters. The summed E-state index contributed by atoms with van der Waals surface area (Å²) >= 11 is 0. The third kappa shape index (κ3) is 35.9. The predicted molar refractivity (Wildman–Crippen MR) is 332 cm³/mol. The normalized spacial score (nSPS) is 23.7. The van der Waals surface area contributed by atoms with Crippen LogP contribution in [0.2, 0.25) is 0 Å². The molecule has 1 saturated heterocycles. The molecule has 21 N–H and O–H groups in total. The summed E-state index contributed by atoms with van der Waals surface area (Å²) < 4.78 is 0. The summed E-state index contributed by atoms with van der Waals surface area (Å²) in [5, 5.41) is 76.6. The number of primary amides is 3. The Hall–Kier alpha value is -7.09. The van der Waals surface area contributed by atoms with Gasteiger partial charge in [0.05, 0.1) is 43.8 Å². The minimum atomic E-state index is -2.15. The van der Waals surface area contributed by atoms with Gasteiger partial charge < -0.3 is 95.9 Å². The molecular weight excluding hydrogens is 1190 g/mol. The smallest absolute Gasteiger partial charge is 0.246 e. The van der Waals surface area contributed by atoms with Gasteiger partial charge in [0.2, 0.25) is 76.8 Å². The van der Waals surface area contributed by atoms with Crippen molar-refractivity contribution in [1.82, 2.24) is 53.2 Å². The van der Waals surface area contributed by atoms with Crippen LogP contribution in [0.3, 0.4) is 0 Å². The highest BCUT2D eigenvalue weighted by Crippen LogP contribution is 2.17. The molecule has 0 saturated carbocycles. The number of unbranched alkanes of at least 4 members (excludes halogenated alkanes) is 14. The highest BCUT2D eigenvalue weighted by atomic mass is 16.3. The Bertz CT molecular complexity index is 2330. The molecule has 13 atom stereocenters. The second kappa shape index (κ2) is 46.0. The van der Waals surface area contributed by atoms with Gasteiger partial charge in [0.15, 0.2) is 0 Å². The van der Waals surface area contributed by atoms with E-state index in [9.17, 15) is 87.9 Å². The van der Waals surface area contributed by atoms with Gasteiger partial charge in [-0.3, -0.25) is 62.3 Å². The van der Waals surface area contributed by atoms with Crippen molar-refractivity contribution < 1.29 is 87.9 Å². The number of nitrogens with two attached hydrogens (primary N) is 3. The van der Waals surface area contributed by atoms with Crippen LogP contribution in [0.4, 0.5) is 0 Å². The number of aliphatic hydroxyl groups is 5. The van der Waals surface area contributed by atoms with Crippen LogP contribution in [0.1, 0.15) is 208 Å². The van der Waals surface area contributed by atoms with E-state index in [1.807, 2.05) is 0 Å². The maximum Gasteiger partial charge on any atom is 0.246 e. The molecule has 0 spiro atoms. The number of carbonyl (C=O) groups is 13. The molecule has 1 heterocycles. The van der Waals surface area contributed by atoms with E-state index < -0.39 is 188 Å². The quantitative estimate of drug-likeness (QED) is 0.0286. The maximum absolute atomic E-state index is 14.1. The van der Waals surface area contributed by atoms with E-state index in [1.54, 1.807) is 0 Å². The molecule has 1 rings (SSSR count). The molecule has 0 bridgehead atoms. The lowest BCUT2D eigenvalue weighted by Gasteiger charge is -2.29. The maximum atomic E-state index is 14.1. The van der Waals surface area contributed by atoms with E-state index in [1.165, 1.54) is 0 Å². The average molecular weight is 1300 g/mol. The van der Waals surface area contributed by atoms with Gasteiger partial charge in [-0.25, -0.2) is 0 Å². The van der Waals surface area contributed by atoms with E-state index in [-0.39, 0.29) is 25.8 Å². The molecule has 0 aliphatic carbocycles. The molecule has 0 radical (unpaired) electrons. The first-order chi connectivity index (χ1) is 43.0. The van der Waals surface area contributed by atoms with Crippen molar-refractivity contribution in [3.05, 3.63) is 0 Å². The molecule has 1 aliphatic rings. The summed E-state index contributed by atoms with van der Waals surface area (Å²) in [7, 11) is 0. The van der Waals surface area contributed by atoms with Gasteiger partial charge in [0, 0.05) is 19.4 Å². The molecular formula is C60H107N13O18. The molecule has 31 nitrogen and oxygen atoms in total. The fourth-order valence-corrected chi connectivity index (χ4v) is 9.88. The van der Waals surface area contributed by atoms with Crippen LogP contribution in [0.25, 0.3) is 0 Å². The van der Waals surface area contributed by atoms with Crippen LogP contribution in [0, 0.1) is 0 Å². The molecule has 91 heavy (non-hydrogen) atoms. The summed E-state index contributed by atoms with van der Waals surface area (Å²) in [5.74, 6) is -14.9. The number of hydrogen-bond donors (Lipinski definition) is 18. The lowest BCUT2D eigenvalue weighted by Crippen LogP contribution is -2.63. The minimum absolute atomic E-state index is 0.0169. The number of hydrogen-bond acceptors (Lipinski definition) is 18. The Morgan fingerprint density at radius 2 is 0.824 bits per heavy atom. The highest BCUT2D eigenvalue weighted by Gasteiger charge is 2.38. The van der Waals surface area contributed by atoms with Crippen molar-refractivity contribution in [2.75, 3.05) is 13.1 Å². The van der Waals surface area contributed by atoms with Gasteiger partial charge in [0.25, 0.3) is 0 Å². The van der Waals surface area contributed by atoms with Gasteiger partial charge in [-0.15, -0.1) is 0 Å². The van der Waals surface area contributed by atoms with Crippen molar-refractivity contribution in [2.24, 2.45) is 17.2 Å². The highest BCUT2D eigenvalue weighted by molar-refractivity contribution is 6.00. The van der Waals surface area contributed by atoms with Gasteiger partial charge in [-0.2, -0.15) is 0 Å². The fraction of sp³-hybridized carbons (Fsp3) is 0.783. The lowest BCUT2D eigenvalue weighted by atomic mass is 10.0. The van der Waals surface area contributed by atoms with E-state index in [4.69, 9.17) is 17.2 Å². The summed E-state index contributed by atoms with van der Waals surface area (Å²) in [6.07, 6.45) is 6.31. The van der Waals surface area contributed by atoms with Crippen LogP contribution in [-0.4, -0.2) is 194 Å². The van der Waals surface area contributed by atoms with Gasteiger partial charge >= 0.3 is 0 Å². The monoisotopic (exact) mass is 1300 g/mol. The molecule has 520 valence electrons. The standard InChI is InChI=1S/C60H107N13O18/c1-6-8-10-12-13-14-16-21-25-39(77)27-28-41-54(85)65-34-49(82)64-30-29-48(81)67-40(26-22-18-15-17-20-24-38(76)23-19-11-9-7-2)55(86)70-44(33-47(62)80)57(88)71-43(32-46(61)79)56(87)66-35(3)53(84)69-42(31-45(78)52(63)83)58(89)72-51(37(5)75)60(91)73-50(36(4)74)59(90)68-41/h35-45,50-51,74-78H,6-34H2,1-5H3,(H2,61,79)(H2,62,80)(H2,63,83)(H,64,82)(H,65,85)(H,66,87)(H,67,81)(H,68,90)(H,69,84)(H,70,86)(H,71,88)(H,72,89)(H,73,91)/t35-,36-,37-,38?,39?,40?,41?,42?,43+,44?,45?,50+,51-/m1/s1. The molecule has 1 fully saturated rings. The average Bonchev–Trinajstić information content (AvgIpc) is 2.42. The van der Waals surface area contributed by atoms with Crippen LogP contribution in [0.5, 0.6) is 0 Å². The van der Waals surface area contributed by atoms with Crippen LogP contribution < -0.4 is 70.4 Å². The van der Waals surface area contributed by atoms with Crippen molar-refractivity contribution >= 4 is 76.8 Å². The lowest BCUT2D eigenvalue weighted by molar-refractivity contribution is -0.139. The zero-order valence-electron chi connectivity index (χ0n) is 53.8. The van der Waals surface area contributed by atoms with Crippen molar-refractivity contribution in [2.45, 2.75) is 287 Å². The van der Waals surface area contributed by atoms with E-state index in [2.05, 4.69) is 67.0 Å². The zero-order chi connectivity index (χ0) is 68.6. The third-order valence-corrected chi connectivity index (χ3v) is 15.4. The van der Waals surface area contributed by atoms with Crippen LogP contribution >= 0.6 is 0 Å². The molecule has 0 aromatic heterocycles. The number of aliphatic hydroxyl groups excluding tert-OH is 5. The number of nitrogens with one attached hydrogen (secondary N) is 10. The number of carbonyl (C=O) groups excluding carboxylic acids is 13. The molecule has 31 heteroatoms. The number of amides is 13. The van der Waals surface area contributed by atoms with Gasteiger partial charge in [-0.1, -0.05) is 123 Å². The SMILES string of the molecule is CCCCCCCCCCC(O)CCC1NC(=O)[C@H]([C@@H](C)O)NC(=O)[C@@H]([C@@H](C)O)NC(=O)C(CC(O)C(N)=O)NC(=O)[C@@H](C)NC(=O)[C@H](CC(N)=O)NC(=O)C(CC(N)=O)NC(=O)C(CCCCCCCC(O)CCCCCC)NC(=O)CCNC(=O)CNC1=O. The summed E-state index contributed by atoms with van der Waals surface area (Å²) in [6, 6.07) is -14.4. The second-order valence-electron chi connectivity index (χ2n) is 23.7. The number of rotatable bonds is 34. The summed E-state index contributed by atoms with van der Waals surface area (Å²) in [5.41, 5.74) is 16.1. The molecule has 13 amide bonds. The van der Waals surface area contributed by atoms with Crippen molar-refractivity contribution in [3.8, 4) is 0 Å². The molecule has 0 aromatic carbocycles. The Kier molecular flexibility index (Phi) is 41.5. The summed E-state index contributed by atoms with van der Waals surface area (Å²) in [6.45, 7) is 6.34. The van der Waals surface area contributed by atoms with E-state index >= 15 is 0 Å². The summed E-state index contributed by atoms with van der Waals surface area (Å²) in [4.78, 5) is 174. The first kappa shape index (κ1) is 81.9. The zero-order valence-corrected chi connectivity index (χ0v) is 53.8. The fourth-order valence-electron chi connectivity index (χ4n) is 9.88. The Morgan fingerprint density at radius 3 is 1.32 bits per heavy atom. The van der Waals surface area contributed by atoms with Gasteiger partial charge in [0.1, 0.15) is 54.4 Å². The third-order valence-electron chi connectivity index (χ3n) is 15.4. The van der Waals surface area contributed by atoms with E-state index in [0.717, 1.165) is 104 Å². The van der Waals surface area contributed by atoms with Gasteiger partial charge in [-0.05, 0) is 59.3 Å². The van der Waals surface area contributed by atoms with Crippen molar-refractivity contribution in [1.29, 1.82) is 0 Å². The molecule has 0 aromatic rings. The minimum Gasteiger partial charge on any atom is -0.393 e. The second-order valence-corrected chi connectivity index (χ2v) is 23.7. The Labute approximate surface area is 533 Å². The van der Waals surface area contributed by atoms with Crippen LogP contribution in [-0.2, 0) is 62.3 Å². The predicted octanol–water partition coefficient (Wildman–Crippen LogP) is -3.00. The topological polar surface area (TPSA) is 521 Å². The van der Waals surface area contributed by atoms with E-state index in [0.29, 0.717) is 44.9 Å². The molecule has 1 aliphatic heterocycles. The Balaban J connectivity index is 3.77. The van der Waals surface area contributed by atoms with Crippen LogP contribution in [0.15, 0.2) is 0 Å².